The van der Waals surface area contributed by atoms with E-state index in [2.05, 4.69) is 36.5 Å². The second-order valence-corrected chi connectivity index (χ2v) is 6.69. The second-order valence-electron chi connectivity index (χ2n) is 6.69. The third kappa shape index (κ3) is 3.67. The maximum atomic E-state index is 6.37. The van der Waals surface area contributed by atoms with Crippen molar-refractivity contribution < 1.29 is 4.74 Å². The van der Waals surface area contributed by atoms with Crippen LogP contribution in [0.25, 0.3) is 0 Å². The largest absolute Gasteiger partial charge is 0.376 e. The van der Waals surface area contributed by atoms with Crippen LogP contribution in [0.3, 0.4) is 0 Å². The van der Waals surface area contributed by atoms with E-state index in [1.807, 2.05) is 0 Å². The van der Waals surface area contributed by atoms with Crippen LogP contribution in [0.2, 0.25) is 0 Å². The third-order valence-electron chi connectivity index (χ3n) is 5.10. The van der Waals surface area contributed by atoms with Gasteiger partial charge in [-0.1, -0.05) is 44.0 Å². The Morgan fingerprint density at radius 1 is 1.14 bits per heavy atom. The zero-order valence-electron chi connectivity index (χ0n) is 13.3. The number of ether oxygens (including phenoxy) is 1. The molecule has 0 saturated heterocycles. The molecule has 0 heterocycles. The first-order valence-electron chi connectivity index (χ1n) is 8.81. The van der Waals surface area contributed by atoms with E-state index in [-0.39, 0.29) is 0 Å². The van der Waals surface area contributed by atoms with Gasteiger partial charge in [-0.2, -0.15) is 0 Å². The van der Waals surface area contributed by atoms with Gasteiger partial charge in [-0.15, -0.1) is 0 Å². The van der Waals surface area contributed by atoms with E-state index in [4.69, 9.17) is 4.74 Å². The summed E-state index contributed by atoms with van der Waals surface area (Å²) >= 11 is 0. The van der Waals surface area contributed by atoms with Crippen molar-refractivity contribution in [3.63, 3.8) is 0 Å². The average Bonchev–Trinajstić information content (AvgIpc) is 3.04. The Labute approximate surface area is 129 Å². The lowest BCUT2D eigenvalue weighted by atomic mass is 9.85. The topological polar surface area (TPSA) is 21.3 Å². The molecule has 1 N–H and O–H groups in total. The lowest BCUT2D eigenvalue weighted by molar-refractivity contribution is -0.00252. The number of hydrogen-bond acceptors (Lipinski definition) is 2. The molecule has 2 atom stereocenters. The predicted molar refractivity (Wildman–Crippen MR) is 87.5 cm³/mol. The van der Waals surface area contributed by atoms with E-state index < -0.39 is 0 Å². The molecule has 0 amide bonds. The Morgan fingerprint density at radius 2 is 1.95 bits per heavy atom. The molecule has 1 aromatic rings. The predicted octanol–water partition coefficient (Wildman–Crippen LogP) is 4.25. The van der Waals surface area contributed by atoms with E-state index in [9.17, 15) is 0 Å². The van der Waals surface area contributed by atoms with Crippen LogP contribution in [-0.4, -0.2) is 19.3 Å². The number of hydrogen-bond donors (Lipinski definition) is 1. The molecule has 0 spiro atoms. The highest BCUT2D eigenvalue weighted by atomic mass is 16.5. The number of rotatable bonds is 6. The summed E-state index contributed by atoms with van der Waals surface area (Å²) in [5, 5.41) is 3.73. The molecule has 2 aliphatic rings. The fraction of sp³-hybridized carbons (Fsp3) is 0.684. The van der Waals surface area contributed by atoms with Crippen molar-refractivity contribution in [1.29, 1.82) is 0 Å². The number of aryl methyl sites for hydroxylation is 1. The Morgan fingerprint density at radius 3 is 2.76 bits per heavy atom. The molecule has 3 rings (SSSR count). The molecule has 2 unspecified atom stereocenters. The minimum Gasteiger partial charge on any atom is -0.376 e. The molecule has 0 radical (unpaired) electrons. The van der Waals surface area contributed by atoms with Gasteiger partial charge in [0.1, 0.15) is 0 Å². The first-order chi connectivity index (χ1) is 10.4. The zero-order valence-corrected chi connectivity index (χ0v) is 13.3. The van der Waals surface area contributed by atoms with Crippen LogP contribution in [0, 0.1) is 5.92 Å². The van der Waals surface area contributed by atoms with Crippen molar-refractivity contribution >= 4 is 0 Å². The van der Waals surface area contributed by atoms with E-state index >= 15 is 0 Å². The van der Waals surface area contributed by atoms with Gasteiger partial charge in [-0.05, 0) is 55.7 Å². The molecular weight excluding hydrogens is 258 g/mol. The minimum absolute atomic E-state index is 0.354. The monoisotopic (exact) mass is 287 g/mol. The minimum atomic E-state index is 0.354. The molecule has 2 heteroatoms. The maximum absolute atomic E-state index is 6.37. The lowest BCUT2D eigenvalue weighted by Gasteiger charge is -2.35. The molecule has 1 fully saturated rings. The standard InChI is InChI=1S/C19H29NO/c1-2-13-20-19-17-10-6-5-9-16(17)11-12-18(19)21-14-15-7-3-4-8-15/h5-6,9-10,15,18-20H,2-4,7-8,11-14H2,1H3. The summed E-state index contributed by atoms with van der Waals surface area (Å²) in [6.07, 6.45) is 9.40. The summed E-state index contributed by atoms with van der Waals surface area (Å²) in [5.41, 5.74) is 2.97. The van der Waals surface area contributed by atoms with Gasteiger partial charge in [0.2, 0.25) is 0 Å². The molecule has 1 aromatic carbocycles. The van der Waals surface area contributed by atoms with Gasteiger partial charge in [-0.3, -0.25) is 0 Å². The second kappa shape index (κ2) is 7.42. The molecule has 0 bridgehead atoms. The highest BCUT2D eigenvalue weighted by molar-refractivity contribution is 5.33. The Kier molecular flexibility index (Phi) is 5.32. The normalized spacial score (nSPS) is 26.0. The van der Waals surface area contributed by atoms with Gasteiger partial charge < -0.3 is 10.1 Å². The van der Waals surface area contributed by atoms with Crippen LogP contribution in [0.15, 0.2) is 24.3 Å². The van der Waals surface area contributed by atoms with Gasteiger partial charge in [0.05, 0.1) is 12.1 Å². The van der Waals surface area contributed by atoms with Crippen molar-refractivity contribution in [1.82, 2.24) is 5.32 Å². The average molecular weight is 287 g/mol. The summed E-state index contributed by atoms with van der Waals surface area (Å²) < 4.78 is 6.37. The fourth-order valence-electron chi connectivity index (χ4n) is 3.89. The van der Waals surface area contributed by atoms with Crippen LogP contribution >= 0.6 is 0 Å². The van der Waals surface area contributed by atoms with E-state index in [0.29, 0.717) is 12.1 Å². The molecule has 0 aromatic heterocycles. The molecule has 1 saturated carbocycles. The van der Waals surface area contributed by atoms with Gasteiger partial charge in [-0.25, -0.2) is 0 Å². The Hall–Kier alpha value is -0.860. The number of benzene rings is 1. The molecule has 2 nitrogen and oxygen atoms in total. The molecule has 0 aliphatic heterocycles. The summed E-state index contributed by atoms with van der Waals surface area (Å²) in [5.74, 6) is 0.814. The van der Waals surface area contributed by atoms with Crippen LogP contribution < -0.4 is 5.32 Å². The third-order valence-corrected chi connectivity index (χ3v) is 5.10. The van der Waals surface area contributed by atoms with Crippen LogP contribution in [0.5, 0.6) is 0 Å². The van der Waals surface area contributed by atoms with Gasteiger partial charge in [0, 0.05) is 6.61 Å². The molecule has 21 heavy (non-hydrogen) atoms. The van der Waals surface area contributed by atoms with Crippen LogP contribution in [0.4, 0.5) is 0 Å². The highest BCUT2D eigenvalue weighted by Gasteiger charge is 2.30. The summed E-state index contributed by atoms with van der Waals surface area (Å²) in [7, 11) is 0. The van der Waals surface area contributed by atoms with Crippen molar-refractivity contribution in [2.24, 2.45) is 5.92 Å². The highest BCUT2D eigenvalue weighted by Crippen LogP contribution is 2.33. The molecular formula is C19H29NO. The first-order valence-corrected chi connectivity index (χ1v) is 8.81. The maximum Gasteiger partial charge on any atom is 0.0773 e. The summed E-state index contributed by atoms with van der Waals surface area (Å²) in [6.45, 7) is 4.27. The number of nitrogens with one attached hydrogen (secondary N) is 1. The zero-order chi connectivity index (χ0) is 14.5. The van der Waals surface area contributed by atoms with E-state index in [1.54, 1.807) is 0 Å². The SMILES string of the molecule is CCCNC1c2ccccc2CCC1OCC1CCCC1. The van der Waals surface area contributed by atoms with Gasteiger partial charge in [0.25, 0.3) is 0 Å². The van der Waals surface area contributed by atoms with Crippen LogP contribution in [0.1, 0.15) is 62.6 Å². The van der Waals surface area contributed by atoms with Crippen molar-refractivity contribution in [3.05, 3.63) is 35.4 Å². The first kappa shape index (κ1) is 15.1. The van der Waals surface area contributed by atoms with Gasteiger partial charge in [0.15, 0.2) is 0 Å². The smallest absolute Gasteiger partial charge is 0.0773 e. The van der Waals surface area contributed by atoms with Crippen LogP contribution in [-0.2, 0) is 11.2 Å². The van der Waals surface area contributed by atoms with Gasteiger partial charge >= 0.3 is 0 Å². The van der Waals surface area contributed by atoms with Crippen molar-refractivity contribution in [2.75, 3.05) is 13.2 Å². The molecule has 116 valence electrons. The Balaban J connectivity index is 1.66. The number of fused-ring (bicyclic) bond motifs is 1. The Bertz CT molecular complexity index is 439. The van der Waals surface area contributed by atoms with Crippen molar-refractivity contribution in [2.45, 2.75) is 64.0 Å². The summed E-state index contributed by atoms with van der Waals surface area (Å²) in [4.78, 5) is 0. The summed E-state index contributed by atoms with van der Waals surface area (Å²) in [6, 6.07) is 9.28. The van der Waals surface area contributed by atoms with Crippen molar-refractivity contribution in [3.8, 4) is 0 Å². The van der Waals surface area contributed by atoms with E-state index in [1.165, 1.54) is 43.2 Å². The quantitative estimate of drug-likeness (QED) is 0.844. The molecule has 2 aliphatic carbocycles. The lowest BCUT2D eigenvalue weighted by Crippen LogP contribution is -2.38. The van der Waals surface area contributed by atoms with E-state index in [0.717, 1.165) is 31.9 Å². The fourth-order valence-corrected chi connectivity index (χ4v) is 3.89.